The largest absolute Gasteiger partial charge is 0.309 e. The minimum absolute atomic E-state index is 0.125. The molecule has 0 saturated heterocycles. The van der Waals surface area contributed by atoms with Crippen LogP contribution in [0.5, 0.6) is 0 Å². The predicted molar refractivity (Wildman–Crippen MR) is 222 cm³/mol. The Kier molecular flexibility index (Phi) is 6.91. The van der Waals surface area contributed by atoms with Crippen LogP contribution in [0.2, 0.25) is 0 Å². The van der Waals surface area contributed by atoms with E-state index in [1.165, 1.54) is 82.5 Å². The van der Waals surface area contributed by atoms with E-state index in [1.54, 1.807) is 0 Å². The van der Waals surface area contributed by atoms with Crippen molar-refractivity contribution >= 4 is 49.4 Å². The van der Waals surface area contributed by atoms with E-state index in [2.05, 4.69) is 207 Å². The number of benzene rings is 9. The first-order valence-corrected chi connectivity index (χ1v) is 18.2. The average molecular weight is 664 g/mol. The summed E-state index contributed by atoms with van der Waals surface area (Å²) in [6.07, 6.45) is 0. The van der Waals surface area contributed by atoms with E-state index in [4.69, 9.17) is 0 Å². The molecule has 1 aliphatic carbocycles. The highest BCUT2D eigenvalue weighted by Crippen LogP contribution is 2.54. The van der Waals surface area contributed by atoms with Crippen LogP contribution < -0.4 is 4.90 Å². The van der Waals surface area contributed by atoms with Gasteiger partial charge in [0.2, 0.25) is 0 Å². The van der Waals surface area contributed by atoms with Gasteiger partial charge in [0, 0.05) is 27.7 Å². The molecule has 0 radical (unpaired) electrons. The van der Waals surface area contributed by atoms with Gasteiger partial charge < -0.3 is 4.90 Å². The molecule has 0 aliphatic heterocycles. The maximum absolute atomic E-state index is 2.50. The number of nitrogens with zero attached hydrogens (tertiary/aromatic N) is 1. The molecule has 0 aromatic heterocycles. The van der Waals surface area contributed by atoms with Gasteiger partial charge in [0.25, 0.3) is 0 Å². The maximum atomic E-state index is 2.50. The fourth-order valence-corrected chi connectivity index (χ4v) is 8.76. The molecule has 52 heavy (non-hydrogen) atoms. The van der Waals surface area contributed by atoms with Crippen molar-refractivity contribution < 1.29 is 0 Å². The second kappa shape index (κ2) is 11.8. The van der Waals surface area contributed by atoms with Crippen LogP contribution in [0.15, 0.2) is 188 Å². The summed E-state index contributed by atoms with van der Waals surface area (Å²) in [5.41, 5.74) is 13.6. The second-order valence-electron chi connectivity index (χ2n) is 14.5. The Bertz CT molecular complexity index is 2800. The summed E-state index contributed by atoms with van der Waals surface area (Å²) in [4.78, 5) is 2.50. The van der Waals surface area contributed by atoms with E-state index >= 15 is 0 Å². The quantitative estimate of drug-likeness (QED) is 0.177. The number of hydrogen-bond donors (Lipinski definition) is 0. The lowest BCUT2D eigenvalue weighted by molar-refractivity contribution is 0.666. The van der Waals surface area contributed by atoms with Gasteiger partial charge in [-0.25, -0.2) is 0 Å². The van der Waals surface area contributed by atoms with E-state index in [0.29, 0.717) is 0 Å². The Morgan fingerprint density at radius 2 is 0.923 bits per heavy atom. The van der Waals surface area contributed by atoms with Crippen molar-refractivity contribution in [3.05, 3.63) is 199 Å². The highest BCUT2D eigenvalue weighted by molar-refractivity contribution is 6.10. The summed E-state index contributed by atoms with van der Waals surface area (Å²) in [5, 5.41) is 7.54. The molecule has 0 spiro atoms. The Hall–Kier alpha value is -6.44. The topological polar surface area (TPSA) is 3.24 Å². The molecule has 0 saturated carbocycles. The molecule has 0 N–H and O–H groups in total. The van der Waals surface area contributed by atoms with Crippen LogP contribution in [0.4, 0.5) is 17.1 Å². The lowest BCUT2D eigenvalue weighted by Crippen LogP contribution is -2.16. The summed E-state index contributed by atoms with van der Waals surface area (Å²) in [5.74, 6) is 0. The van der Waals surface area contributed by atoms with Crippen LogP contribution in [-0.2, 0) is 5.41 Å². The van der Waals surface area contributed by atoms with E-state index in [0.717, 1.165) is 11.4 Å². The second-order valence-corrected chi connectivity index (χ2v) is 14.5. The molecular weight excluding hydrogens is 627 g/mol. The van der Waals surface area contributed by atoms with Crippen molar-refractivity contribution in [1.82, 2.24) is 0 Å². The molecule has 0 unspecified atom stereocenters. The molecule has 0 amide bonds. The first kappa shape index (κ1) is 30.4. The Morgan fingerprint density at radius 3 is 1.67 bits per heavy atom. The van der Waals surface area contributed by atoms with Gasteiger partial charge in [-0.3, -0.25) is 0 Å². The summed E-state index contributed by atoms with van der Waals surface area (Å²) < 4.78 is 0. The first-order valence-electron chi connectivity index (χ1n) is 18.2. The molecule has 1 nitrogen and oxygen atoms in total. The third kappa shape index (κ3) is 4.70. The van der Waals surface area contributed by atoms with Gasteiger partial charge in [-0.2, -0.15) is 0 Å². The number of rotatable bonds is 5. The molecule has 1 aliphatic rings. The van der Waals surface area contributed by atoms with Crippen LogP contribution in [0, 0.1) is 0 Å². The summed E-state index contributed by atoms with van der Waals surface area (Å²) in [6, 6.07) is 69.2. The standard InChI is InChI=1S/C51H37N/c1-51(2)48-32-29-40(33-47(48)45-30-25-37-16-7-10-20-42(37)49(45)51)52(39-27-23-35(24-28-39)34-13-4-3-5-14-34)50-43-21-11-8-17-38(43)26-31-46(50)44-22-12-18-36-15-6-9-19-41(36)44/h3-33H,1-2H3. The highest BCUT2D eigenvalue weighted by Gasteiger charge is 2.37. The zero-order valence-corrected chi connectivity index (χ0v) is 29.3. The van der Waals surface area contributed by atoms with Crippen LogP contribution in [0.1, 0.15) is 25.0 Å². The summed E-state index contributed by atoms with van der Waals surface area (Å²) in [6.45, 7) is 4.76. The van der Waals surface area contributed by atoms with E-state index < -0.39 is 0 Å². The number of hydrogen-bond acceptors (Lipinski definition) is 1. The van der Waals surface area contributed by atoms with Crippen LogP contribution in [0.25, 0.3) is 65.7 Å². The molecule has 0 fully saturated rings. The molecule has 9 aromatic carbocycles. The molecule has 246 valence electrons. The van der Waals surface area contributed by atoms with Gasteiger partial charge in [0.05, 0.1) is 5.69 Å². The van der Waals surface area contributed by atoms with Gasteiger partial charge >= 0.3 is 0 Å². The summed E-state index contributed by atoms with van der Waals surface area (Å²) >= 11 is 0. The molecule has 0 bridgehead atoms. The van der Waals surface area contributed by atoms with Crippen LogP contribution in [0.3, 0.4) is 0 Å². The number of fused-ring (bicyclic) bond motifs is 7. The van der Waals surface area contributed by atoms with E-state index in [9.17, 15) is 0 Å². The van der Waals surface area contributed by atoms with Gasteiger partial charge in [-0.1, -0.05) is 178 Å². The van der Waals surface area contributed by atoms with Crippen molar-refractivity contribution in [3.63, 3.8) is 0 Å². The third-order valence-electron chi connectivity index (χ3n) is 11.2. The molecule has 9 aromatic rings. The van der Waals surface area contributed by atoms with Crippen LogP contribution in [-0.4, -0.2) is 0 Å². The zero-order chi connectivity index (χ0) is 34.8. The fourth-order valence-electron chi connectivity index (χ4n) is 8.76. The molecule has 0 atom stereocenters. The highest BCUT2D eigenvalue weighted by atomic mass is 15.1. The third-order valence-corrected chi connectivity index (χ3v) is 11.2. The average Bonchev–Trinajstić information content (AvgIpc) is 3.44. The SMILES string of the molecule is CC1(C)c2ccc(N(c3ccc(-c4ccccc4)cc3)c3c(-c4cccc5ccccc45)ccc4ccccc34)cc2-c2ccc3ccccc3c21. The van der Waals surface area contributed by atoms with Crippen molar-refractivity contribution in [3.8, 4) is 33.4 Å². The lowest BCUT2D eigenvalue weighted by atomic mass is 9.80. The fraction of sp³-hybridized carbons (Fsp3) is 0.0588. The van der Waals surface area contributed by atoms with Crippen LogP contribution >= 0.6 is 0 Å². The minimum Gasteiger partial charge on any atom is -0.309 e. The first-order chi connectivity index (χ1) is 25.6. The Labute approximate surface area is 305 Å². The molecule has 10 rings (SSSR count). The minimum atomic E-state index is -0.125. The Morgan fingerprint density at radius 1 is 0.365 bits per heavy atom. The molecular formula is C51H37N. The van der Waals surface area contributed by atoms with Crippen molar-refractivity contribution in [2.75, 3.05) is 4.90 Å². The lowest BCUT2D eigenvalue weighted by Gasteiger charge is -2.31. The van der Waals surface area contributed by atoms with E-state index in [1.807, 2.05) is 0 Å². The number of anilines is 3. The summed E-state index contributed by atoms with van der Waals surface area (Å²) in [7, 11) is 0. The molecule has 1 heteroatoms. The van der Waals surface area contributed by atoms with Crippen molar-refractivity contribution in [2.24, 2.45) is 0 Å². The van der Waals surface area contributed by atoms with Crippen molar-refractivity contribution in [1.29, 1.82) is 0 Å². The normalized spacial score (nSPS) is 13.0. The van der Waals surface area contributed by atoms with Gasteiger partial charge in [-0.15, -0.1) is 0 Å². The zero-order valence-electron chi connectivity index (χ0n) is 29.3. The maximum Gasteiger partial charge on any atom is 0.0618 e. The molecule has 0 heterocycles. The van der Waals surface area contributed by atoms with Gasteiger partial charge in [0.1, 0.15) is 0 Å². The van der Waals surface area contributed by atoms with Gasteiger partial charge in [-0.05, 0) is 90.1 Å². The van der Waals surface area contributed by atoms with Gasteiger partial charge in [0.15, 0.2) is 0 Å². The van der Waals surface area contributed by atoms with E-state index in [-0.39, 0.29) is 5.41 Å². The van der Waals surface area contributed by atoms with Crippen molar-refractivity contribution in [2.45, 2.75) is 19.3 Å². The predicted octanol–water partition coefficient (Wildman–Crippen LogP) is 14.3. The smallest absolute Gasteiger partial charge is 0.0618 e. The monoisotopic (exact) mass is 663 g/mol. The Balaban J connectivity index is 1.26.